The van der Waals surface area contributed by atoms with Gasteiger partial charge in [-0.1, -0.05) is 27.1 Å². The van der Waals surface area contributed by atoms with Crippen molar-refractivity contribution in [3.8, 4) is 11.5 Å². The number of carbonyl (C=O) groups excluding carboxylic acids is 1. The van der Waals surface area contributed by atoms with E-state index in [1.54, 1.807) is 19.3 Å². The molecule has 0 bridgehead atoms. The maximum absolute atomic E-state index is 11.9. The molecule has 7 nitrogen and oxygen atoms in total. The average Bonchev–Trinajstić information content (AvgIpc) is 3.08. The second-order valence-electron chi connectivity index (χ2n) is 4.25. The summed E-state index contributed by atoms with van der Waals surface area (Å²) in [5.41, 5.74) is 1.04. The maximum Gasteiger partial charge on any atom is 0.322 e. The van der Waals surface area contributed by atoms with Gasteiger partial charge < -0.3 is 4.42 Å². The number of amides is 1. The molecule has 0 spiro atoms. The largest absolute Gasteiger partial charge is 0.403 e. The molecule has 0 aliphatic carbocycles. The molecule has 1 N–H and O–H groups in total. The van der Waals surface area contributed by atoms with Crippen molar-refractivity contribution in [3.63, 3.8) is 0 Å². The number of carbonyl (C=O) groups is 1. The van der Waals surface area contributed by atoms with Gasteiger partial charge in [0, 0.05) is 23.3 Å². The number of hydrogen-bond acceptors (Lipinski definition) is 5. The van der Waals surface area contributed by atoms with Gasteiger partial charge in [0.05, 0.1) is 0 Å². The Labute approximate surface area is 128 Å². The summed E-state index contributed by atoms with van der Waals surface area (Å²) in [7, 11) is 1.73. The quantitative estimate of drug-likeness (QED) is 0.786. The van der Waals surface area contributed by atoms with Crippen LogP contribution in [0.25, 0.3) is 11.5 Å². The molecule has 2 heterocycles. The second kappa shape index (κ2) is 5.49. The number of rotatable bonds is 3. The summed E-state index contributed by atoms with van der Waals surface area (Å²) < 4.78 is 7.85. The molecule has 0 atom stereocenters. The molecular formula is C13H10BrN5O2. The van der Waals surface area contributed by atoms with Gasteiger partial charge in [-0.3, -0.25) is 14.8 Å². The van der Waals surface area contributed by atoms with Crippen molar-refractivity contribution in [2.24, 2.45) is 7.05 Å². The lowest BCUT2D eigenvalue weighted by atomic mass is 10.2. The minimum atomic E-state index is -0.403. The van der Waals surface area contributed by atoms with Crippen LogP contribution in [0.15, 0.2) is 45.4 Å². The van der Waals surface area contributed by atoms with Crippen molar-refractivity contribution in [2.45, 2.75) is 0 Å². The predicted octanol–water partition coefficient (Wildman–Crippen LogP) is 2.48. The molecule has 0 saturated carbocycles. The van der Waals surface area contributed by atoms with Gasteiger partial charge in [-0.05, 0) is 24.3 Å². The minimum Gasteiger partial charge on any atom is -0.403 e. The Kier molecular flexibility index (Phi) is 3.53. The van der Waals surface area contributed by atoms with Crippen molar-refractivity contribution >= 4 is 27.9 Å². The highest BCUT2D eigenvalue weighted by Gasteiger charge is 2.14. The fourth-order valence-electron chi connectivity index (χ4n) is 1.71. The third kappa shape index (κ3) is 3.00. The van der Waals surface area contributed by atoms with E-state index in [9.17, 15) is 4.79 Å². The predicted molar refractivity (Wildman–Crippen MR) is 78.6 cm³/mol. The smallest absolute Gasteiger partial charge is 0.322 e. The molecule has 3 rings (SSSR count). The highest BCUT2D eigenvalue weighted by Crippen LogP contribution is 2.23. The Hall–Kier alpha value is -2.48. The normalized spacial score (nSPS) is 10.6. The average molecular weight is 348 g/mol. The lowest BCUT2D eigenvalue weighted by molar-refractivity contribution is 0.101. The zero-order valence-corrected chi connectivity index (χ0v) is 12.5. The Morgan fingerprint density at radius 3 is 2.90 bits per heavy atom. The number of benzene rings is 1. The number of nitrogens with one attached hydrogen (secondary N) is 1. The summed E-state index contributed by atoms with van der Waals surface area (Å²) in [6, 6.07) is 9.06. The van der Waals surface area contributed by atoms with Gasteiger partial charge in [0.1, 0.15) is 0 Å². The van der Waals surface area contributed by atoms with Gasteiger partial charge in [0.25, 0.3) is 5.91 Å². The van der Waals surface area contributed by atoms with E-state index in [-0.39, 0.29) is 11.7 Å². The Balaban J connectivity index is 1.78. The molecule has 2 aromatic heterocycles. The summed E-state index contributed by atoms with van der Waals surface area (Å²) >= 11 is 3.37. The molecule has 0 aliphatic heterocycles. The maximum atomic E-state index is 11.9. The molecule has 21 heavy (non-hydrogen) atoms. The van der Waals surface area contributed by atoms with Crippen LogP contribution >= 0.6 is 15.9 Å². The second-order valence-corrected chi connectivity index (χ2v) is 5.17. The molecule has 0 saturated heterocycles. The van der Waals surface area contributed by atoms with E-state index in [0.29, 0.717) is 5.89 Å². The first-order chi connectivity index (χ1) is 10.1. The van der Waals surface area contributed by atoms with E-state index < -0.39 is 5.91 Å². The van der Waals surface area contributed by atoms with Crippen LogP contribution in [-0.4, -0.2) is 25.9 Å². The molecule has 0 fully saturated rings. The first kappa shape index (κ1) is 13.5. The van der Waals surface area contributed by atoms with E-state index >= 15 is 0 Å². The molecule has 3 aromatic rings. The van der Waals surface area contributed by atoms with Crippen LogP contribution in [0.4, 0.5) is 6.01 Å². The van der Waals surface area contributed by atoms with Gasteiger partial charge in [-0.2, -0.15) is 5.10 Å². The summed E-state index contributed by atoms with van der Waals surface area (Å²) in [6.07, 6.45) is 1.68. The van der Waals surface area contributed by atoms with Gasteiger partial charge >= 0.3 is 6.01 Å². The number of hydrogen-bond donors (Lipinski definition) is 1. The number of anilines is 1. The van der Waals surface area contributed by atoms with Gasteiger partial charge in [-0.25, -0.2) is 0 Å². The van der Waals surface area contributed by atoms with E-state index in [4.69, 9.17) is 4.42 Å². The van der Waals surface area contributed by atoms with Crippen LogP contribution in [0.2, 0.25) is 0 Å². The highest BCUT2D eigenvalue weighted by molar-refractivity contribution is 9.10. The molecule has 0 radical (unpaired) electrons. The van der Waals surface area contributed by atoms with Crippen LogP contribution < -0.4 is 5.32 Å². The summed E-state index contributed by atoms with van der Waals surface area (Å²) in [4.78, 5) is 11.9. The van der Waals surface area contributed by atoms with Gasteiger partial charge in [-0.15, -0.1) is 5.10 Å². The molecule has 0 unspecified atom stereocenters. The third-order valence-corrected chi connectivity index (χ3v) is 3.16. The standard InChI is InChI=1S/C13H10BrN5O2/c1-19-6-5-10(18-19)11(20)15-13-17-16-12(21-13)8-3-2-4-9(14)7-8/h2-7H,1H3,(H,15,17,20). The summed E-state index contributed by atoms with van der Waals surface area (Å²) in [6.45, 7) is 0. The molecule has 1 amide bonds. The summed E-state index contributed by atoms with van der Waals surface area (Å²) in [5.74, 6) is -0.0762. The Bertz CT molecular complexity index is 795. The zero-order valence-electron chi connectivity index (χ0n) is 10.9. The number of aryl methyl sites for hydroxylation is 1. The monoisotopic (exact) mass is 347 g/mol. The van der Waals surface area contributed by atoms with Crippen LogP contribution in [0, 0.1) is 0 Å². The lowest BCUT2D eigenvalue weighted by Crippen LogP contribution is -2.13. The van der Waals surface area contributed by atoms with Crippen LogP contribution in [0.5, 0.6) is 0 Å². The van der Waals surface area contributed by atoms with Crippen LogP contribution in [-0.2, 0) is 7.05 Å². The minimum absolute atomic E-state index is 0.0284. The van der Waals surface area contributed by atoms with Crippen molar-refractivity contribution in [1.29, 1.82) is 0 Å². The van der Waals surface area contributed by atoms with E-state index in [0.717, 1.165) is 10.0 Å². The molecular weight excluding hydrogens is 338 g/mol. The number of aromatic nitrogens is 4. The molecule has 1 aromatic carbocycles. The lowest BCUT2D eigenvalue weighted by Gasteiger charge is -1.97. The van der Waals surface area contributed by atoms with Crippen molar-refractivity contribution in [2.75, 3.05) is 5.32 Å². The van der Waals surface area contributed by atoms with Crippen LogP contribution in [0.1, 0.15) is 10.5 Å². The first-order valence-corrected chi connectivity index (χ1v) is 6.81. The van der Waals surface area contributed by atoms with Gasteiger partial charge in [0.15, 0.2) is 5.69 Å². The summed E-state index contributed by atoms with van der Waals surface area (Å²) in [5, 5.41) is 14.2. The van der Waals surface area contributed by atoms with E-state index in [2.05, 4.69) is 36.5 Å². The fourth-order valence-corrected chi connectivity index (χ4v) is 2.11. The van der Waals surface area contributed by atoms with Crippen molar-refractivity contribution < 1.29 is 9.21 Å². The Morgan fingerprint density at radius 2 is 2.19 bits per heavy atom. The molecule has 0 aliphatic rings. The van der Waals surface area contributed by atoms with Crippen LogP contribution in [0.3, 0.4) is 0 Å². The van der Waals surface area contributed by atoms with Crippen molar-refractivity contribution in [3.05, 3.63) is 46.7 Å². The fraction of sp³-hybridized carbons (Fsp3) is 0.0769. The SMILES string of the molecule is Cn1ccc(C(=O)Nc2nnc(-c3cccc(Br)c3)o2)n1. The third-order valence-electron chi connectivity index (χ3n) is 2.66. The number of halogens is 1. The molecule has 106 valence electrons. The highest BCUT2D eigenvalue weighted by atomic mass is 79.9. The van der Waals surface area contributed by atoms with Gasteiger partial charge in [0.2, 0.25) is 5.89 Å². The number of nitrogens with zero attached hydrogens (tertiary/aromatic N) is 4. The first-order valence-electron chi connectivity index (χ1n) is 6.02. The van der Waals surface area contributed by atoms with E-state index in [1.807, 2.05) is 24.3 Å². The topological polar surface area (TPSA) is 85.8 Å². The zero-order chi connectivity index (χ0) is 14.8. The Morgan fingerprint density at radius 1 is 1.33 bits per heavy atom. The van der Waals surface area contributed by atoms with E-state index in [1.165, 1.54) is 4.68 Å². The molecule has 8 heteroatoms. The van der Waals surface area contributed by atoms with Crippen molar-refractivity contribution in [1.82, 2.24) is 20.0 Å².